The van der Waals surface area contributed by atoms with E-state index < -0.39 is 60.3 Å². The van der Waals surface area contributed by atoms with Gasteiger partial charge in [-0.3, -0.25) is 4.79 Å². The molecule has 202 valence electrons. The number of halogens is 6. The highest BCUT2D eigenvalue weighted by atomic mass is 19.4. The molecule has 1 N–H and O–H groups in total. The molecule has 0 saturated carbocycles. The summed E-state index contributed by atoms with van der Waals surface area (Å²) in [4.78, 5) is 26.7. The average molecular weight is 541 g/mol. The number of benzene rings is 2. The SMILES string of the molecule is O=C(NC(CC(=O)N1CCn2c(nnc2C(F)(F)F)C1)Cc1cc(F)c(F)cc1F)OCc1ccccc1. The predicted molar refractivity (Wildman–Crippen MR) is 119 cm³/mol. The molecular formula is C24H21F6N5O3. The largest absolute Gasteiger partial charge is 0.451 e. The monoisotopic (exact) mass is 541 g/mol. The van der Waals surface area contributed by atoms with Crippen molar-refractivity contribution >= 4 is 12.0 Å². The quantitative estimate of drug-likeness (QED) is 0.361. The van der Waals surface area contributed by atoms with E-state index in [1.54, 1.807) is 30.3 Å². The summed E-state index contributed by atoms with van der Waals surface area (Å²) >= 11 is 0. The second-order valence-corrected chi connectivity index (χ2v) is 8.57. The number of alkyl halides is 3. The summed E-state index contributed by atoms with van der Waals surface area (Å²) in [6.45, 7) is -0.682. The fourth-order valence-electron chi connectivity index (χ4n) is 4.01. The molecule has 0 saturated heterocycles. The lowest BCUT2D eigenvalue weighted by Gasteiger charge is -2.29. The third-order valence-corrected chi connectivity index (χ3v) is 5.87. The molecule has 1 atom stereocenters. The number of rotatable bonds is 7. The van der Waals surface area contributed by atoms with Crippen LogP contribution in [0.15, 0.2) is 42.5 Å². The van der Waals surface area contributed by atoms with Gasteiger partial charge in [0.05, 0.1) is 6.54 Å². The smallest absolute Gasteiger partial charge is 0.445 e. The van der Waals surface area contributed by atoms with Gasteiger partial charge in [0.15, 0.2) is 17.5 Å². The third-order valence-electron chi connectivity index (χ3n) is 5.87. The standard InChI is InChI=1S/C24H21F6N5O3/c25-17-11-19(27)18(26)9-15(17)8-16(31-23(37)38-13-14-4-2-1-3-5-14)10-21(36)34-6-7-35-20(12-34)32-33-22(35)24(28,29)30/h1-5,9,11,16H,6-8,10,12-13H2,(H,31,37). The molecule has 1 unspecified atom stereocenters. The number of nitrogens with one attached hydrogen (secondary N) is 1. The molecule has 2 heterocycles. The summed E-state index contributed by atoms with van der Waals surface area (Å²) in [7, 11) is 0. The van der Waals surface area contributed by atoms with Gasteiger partial charge in [-0.2, -0.15) is 13.2 Å². The molecule has 2 aromatic carbocycles. The second-order valence-electron chi connectivity index (χ2n) is 8.57. The molecule has 1 aliphatic rings. The van der Waals surface area contributed by atoms with Crippen LogP contribution in [0, 0.1) is 17.5 Å². The van der Waals surface area contributed by atoms with Gasteiger partial charge in [0, 0.05) is 31.6 Å². The van der Waals surface area contributed by atoms with Crippen LogP contribution in [-0.4, -0.2) is 44.3 Å². The van der Waals surface area contributed by atoms with E-state index in [1.165, 1.54) is 4.90 Å². The van der Waals surface area contributed by atoms with Gasteiger partial charge in [-0.1, -0.05) is 30.3 Å². The number of hydrogen-bond donors (Lipinski definition) is 1. The Balaban J connectivity index is 1.46. The van der Waals surface area contributed by atoms with Gasteiger partial charge in [-0.05, 0) is 23.6 Å². The average Bonchev–Trinajstić information content (AvgIpc) is 3.30. The molecular weight excluding hydrogens is 520 g/mol. The number of ether oxygens (including phenoxy) is 1. The lowest BCUT2D eigenvalue weighted by molar-refractivity contribution is -0.148. The number of fused-ring (bicyclic) bond motifs is 1. The third kappa shape index (κ3) is 6.42. The van der Waals surface area contributed by atoms with E-state index in [-0.39, 0.29) is 37.6 Å². The lowest BCUT2D eigenvalue weighted by Crippen LogP contribution is -2.44. The number of alkyl carbamates (subject to hydrolysis) is 1. The Hall–Kier alpha value is -4.10. The maximum atomic E-state index is 14.3. The molecule has 8 nitrogen and oxygen atoms in total. The highest BCUT2D eigenvalue weighted by Crippen LogP contribution is 2.29. The van der Waals surface area contributed by atoms with Crippen molar-refractivity contribution in [2.75, 3.05) is 6.54 Å². The Labute approximate surface area is 212 Å². The number of amides is 2. The van der Waals surface area contributed by atoms with E-state index in [0.717, 1.165) is 4.57 Å². The molecule has 1 aromatic heterocycles. The van der Waals surface area contributed by atoms with E-state index in [2.05, 4.69) is 15.5 Å². The van der Waals surface area contributed by atoms with Gasteiger partial charge >= 0.3 is 12.3 Å². The maximum Gasteiger partial charge on any atom is 0.451 e. The van der Waals surface area contributed by atoms with Crippen LogP contribution in [0.5, 0.6) is 0 Å². The normalized spacial score (nSPS) is 14.1. The highest BCUT2D eigenvalue weighted by molar-refractivity contribution is 5.78. The number of carbonyl (C=O) groups excluding carboxylic acids is 2. The Morgan fingerprint density at radius 2 is 1.71 bits per heavy atom. The molecule has 3 aromatic rings. The second kappa shape index (κ2) is 11.1. The first kappa shape index (κ1) is 26.9. The van der Waals surface area contributed by atoms with E-state index in [1.807, 2.05) is 0 Å². The van der Waals surface area contributed by atoms with Crippen LogP contribution < -0.4 is 5.32 Å². The first-order valence-electron chi connectivity index (χ1n) is 11.4. The van der Waals surface area contributed by atoms with Crippen molar-refractivity contribution in [3.63, 3.8) is 0 Å². The van der Waals surface area contributed by atoms with Crippen LogP contribution in [0.2, 0.25) is 0 Å². The summed E-state index contributed by atoms with van der Waals surface area (Å²) in [5.74, 6) is -5.63. The Kier molecular flexibility index (Phi) is 7.88. The topological polar surface area (TPSA) is 89.4 Å². The van der Waals surface area contributed by atoms with Crippen LogP contribution in [0.1, 0.15) is 29.2 Å². The summed E-state index contributed by atoms with van der Waals surface area (Å²) in [6, 6.07) is 8.54. The van der Waals surface area contributed by atoms with Crippen molar-refractivity contribution in [3.8, 4) is 0 Å². The minimum Gasteiger partial charge on any atom is -0.445 e. The van der Waals surface area contributed by atoms with Crippen LogP contribution >= 0.6 is 0 Å². The van der Waals surface area contributed by atoms with Crippen LogP contribution in [0.25, 0.3) is 0 Å². The van der Waals surface area contributed by atoms with Crippen molar-refractivity contribution < 1.29 is 40.7 Å². The number of nitrogens with zero attached hydrogens (tertiary/aromatic N) is 4. The van der Waals surface area contributed by atoms with E-state index in [0.29, 0.717) is 17.7 Å². The van der Waals surface area contributed by atoms with E-state index in [4.69, 9.17) is 4.74 Å². The minimum atomic E-state index is -4.71. The van der Waals surface area contributed by atoms with Crippen molar-refractivity contribution in [1.29, 1.82) is 0 Å². The number of hydrogen-bond acceptors (Lipinski definition) is 5. The van der Waals surface area contributed by atoms with Gasteiger partial charge in [0.25, 0.3) is 0 Å². The van der Waals surface area contributed by atoms with E-state index in [9.17, 15) is 35.9 Å². The Morgan fingerprint density at radius 1 is 1.00 bits per heavy atom. The van der Waals surface area contributed by atoms with Gasteiger partial charge < -0.3 is 19.5 Å². The first-order valence-corrected chi connectivity index (χ1v) is 11.4. The zero-order chi connectivity index (χ0) is 27.4. The van der Waals surface area contributed by atoms with Gasteiger partial charge in [0.1, 0.15) is 12.4 Å². The molecule has 0 spiro atoms. The predicted octanol–water partition coefficient (Wildman–Crippen LogP) is 3.98. The Morgan fingerprint density at radius 3 is 2.42 bits per heavy atom. The van der Waals surface area contributed by atoms with Gasteiger partial charge in [-0.15, -0.1) is 10.2 Å². The molecule has 1 aliphatic heterocycles. The van der Waals surface area contributed by atoms with Crippen molar-refractivity contribution in [3.05, 3.63) is 82.7 Å². The fourth-order valence-corrected chi connectivity index (χ4v) is 4.01. The fraction of sp³-hybridized carbons (Fsp3) is 0.333. The zero-order valence-electron chi connectivity index (χ0n) is 19.6. The van der Waals surface area contributed by atoms with Crippen LogP contribution in [0.3, 0.4) is 0 Å². The summed E-state index contributed by atoms with van der Waals surface area (Å²) in [6.07, 6.45) is -6.47. The van der Waals surface area contributed by atoms with Crippen LogP contribution in [0.4, 0.5) is 31.1 Å². The van der Waals surface area contributed by atoms with Crippen molar-refractivity contribution in [1.82, 2.24) is 25.0 Å². The molecule has 2 amide bonds. The Bertz CT molecular complexity index is 1310. The molecule has 0 bridgehead atoms. The summed E-state index contributed by atoms with van der Waals surface area (Å²) in [5.41, 5.74) is 0.385. The molecule has 0 fully saturated rings. The molecule has 14 heteroatoms. The van der Waals surface area contributed by atoms with Gasteiger partial charge in [-0.25, -0.2) is 18.0 Å². The summed E-state index contributed by atoms with van der Waals surface area (Å²) < 4.78 is 86.7. The molecule has 0 aliphatic carbocycles. The van der Waals surface area contributed by atoms with E-state index >= 15 is 0 Å². The maximum absolute atomic E-state index is 14.3. The molecule has 4 rings (SSSR count). The lowest BCUT2D eigenvalue weighted by atomic mass is 10.0. The molecule has 38 heavy (non-hydrogen) atoms. The minimum absolute atomic E-state index is 0.0737. The van der Waals surface area contributed by atoms with Gasteiger partial charge in [0.2, 0.25) is 11.7 Å². The number of aromatic nitrogens is 3. The first-order chi connectivity index (χ1) is 18.0. The summed E-state index contributed by atoms with van der Waals surface area (Å²) in [5, 5.41) is 9.11. The number of carbonyl (C=O) groups is 2. The zero-order valence-corrected chi connectivity index (χ0v) is 19.6. The van der Waals surface area contributed by atoms with Crippen molar-refractivity contribution in [2.45, 2.75) is 44.8 Å². The highest BCUT2D eigenvalue weighted by Gasteiger charge is 2.40. The molecule has 0 radical (unpaired) electrons. The van der Waals surface area contributed by atoms with Crippen molar-refractivity contribution in [2.24, 2.45) is 0 Å². The van der Waals surface area contributed by atoms with Crippen LogP contribution in [-0.2, 0) is 41.8 Å².